The number of benzene rings is 2. The molecule has 1 aromatic heterocycles. The van der Waals surface area contributed by atoms with E-state index in [9.17, 15) is 9.18 Å². The van der Waals surface area contributed by atoms with Crippen molar-refractivity contribution in [1.82, 2.24) is 10.2 Å². The summed E-state index contributed by atoms with van der Waals surface area (Å²) in [6.45, 7) is 4.22. The van der Waals surface area contributed by atoms with E-state index in [4.69, 9.17) is 9.15 Å². The van der Waals surface area contributed by atoms with Crippen LogP contribution in [0, 0.1) is 5.82 Å². The van der Waals surface area contributed by atoms with Gasteiger partial charge in [0.1, 0.15) is 17.3 Å². The first-order valence-electron chi connectivity index (χ1n) is 10.8. The van der Waals surface area contributed by atoms with Crippen molar-refractivity contribution in [2.45, 2.75) is 13.0 Å². The van der Waals surface area contributed by atoms with Crippen LogP contribution >= 0.6 is 0 Å². The smallest absolute Gasteiger partial charge is 0.287 e. The van der Waals surface area contributed by atoms with Crippen molar-refractivity contribution in [3.05, 3.63) is 83.6 Å². The van der Waals surface area contributed by atoms with Gasteiger partial charge in [-0.05, 0) is 42.3 Å². The fraction of sp³-hybridized carbons (Fsp3) is 0.320. The van der Waals surface area contributed by atoms with Crippen LogP contribution in [0.3, 0.4) is 0 Å². The lowest BCUT2D eigenvalue weighted by Crippen LogP contribution is -2.46. The molecule has 1 aliphatic rings. The number of carbonyl (C=O) groups excluding carboxylic acids is 1. The number of nitrogens with one attached hydrogen (secondary N) is 1. The monoisotopic (exact) mass is 437 g/mol. The molecule has 0 saturated carbocycles. The molecule has 0 radical (unpaired) electrons. The zero-order valence-electron chi connectivity index (χ0n) is 18.2. The molecule has 3 aromatic rings. The van der Waals surface area contributed by atoms with Crippen LogP contribution in [0.25, 0.3) is 0 Å². The Hall–Kier alpha value is -3.32. The molecule has 1 N–H and O–H groups in total. The van der Waals surface area contributed by atoms with Crippen LogP contribution in [0.1, 0.15) is 21.9 Å². The number of methoxy groups -OCH3 is 1. The number of hydrogen-bond acceptors (Lipinski definition) is 5. The number of furan rings is 1. The molecule has 2 aromatic carbocycles. The first-order chi connectivity index (χ1) is 15.6. The van der Waals surface area contributed by atoms with Gasteiger partial charge in [-0.2, -0.15) is 0 Å². The van der Waals surface area contributed by atoms with Gasteiger partial charge in [-0.25, -0.2) is 4.39 Å². The summed E-state index contributed by atoms with van der Waals surface area (Å²) in [5.41, 5.74) is 1.70. The van der Waals surface area contributed by atoms with Gasteiger partial charge in [0, 0.05) is 32.7 Å². The Bertz CT molecular complexity index is 1040. The first kappa shape index (κ1) is 21.9. The van der Waals surface area contributed by atoms with E-state index in [0.717, 1.165) is 43.3 Å². The Morgan fingerprint density at radius 3 is 2.56 bits per heavy atom. The summed E-state index contributed by atoms with van der Waals surface area (Å²) in [7, 11) is 1.64. The van der Waals surface area contributed by atoms with E-state index >= 15 is 0 Å². The van der Waals surface area contributed by atoms with Crippen molar-refractivity contribution in [2.24, 2.45) is 0 Å². The molecule has 4 rings (SSSR count). The molecule has 1 amide bonds. The Labute approximate surface area is 187 Å². The quantitative estimate of drug-likeness (QED) is 0.582. The molecule has 2 heterocycles. The van der Waals surface area contributed by atoms with E-state index in [0.29, 0.717) is 31.0 Å². The molecule has 0 atom stereocenters. The highest BCUT2D eigenvalue weighted by Gasteiger charge is 2.20. The number of amides is 1. The second-order valence-electron chi connectivity index (χ2n) is 7.80. The minimum atomic E-state index is -0.226. The highest BCUT2D eigenvalue weighted by atomic mass is 19.1. The predicted octanol–water partition coefficient (Wildman–Crippen LogP) is 3.72. The molecule has 1 saturated heterocycles. The third kappa shape index (κ3) is 5.29. The molecule has 1 fully saturated rings. The number of nitrogens with zero attached hydrogens (tertiary/aromatic N) is 2. The van der Waals surface area contributed by atoms with Gasteiger partial charge in [0.15, 0.2) is 5.76 Å². The number of rotatable bonds is 8. The van der Waals surface area contributed by atoms with Crippen LogP contribution in [0.5, 0.6) is 5.75 Å². The molecule has 32 heavy (non-hydrogen) atoms. The van der Waals surface area contributed by atoms with Crippen LogP contribution in [0.2, 0.25) is 0 Å². The number of halogens is 1. The topological polar surface area (TPSA) is 58.0 Å². The van der Waals surface area contributed by atoms with Crippen LogP contribution in [-0.4, -0.2) is 50.6 Å². The average Bonchev–Trinajstić information content (AvgIpc) is 3.29. The third-order valence-corrected chi connectivity index (χ3v) is 5.70. The molecule has 7 heteroatoms. The predicted molar refractivity (Wildman–Crippen MR) is 122 cm³/mol. The van der Waals surface area contributed by atoms with Crippen molar-refractivity contribution in [3.63, 3.8) is 0 Å². The summed E-state index contributed by atoms with van der Waals surface area (Å²) in [5.74, 6) is 1.46. The Morgan fingerprint density at radius 2 is 1.78 bits per heavy atom. The molecule has 6 nitrogen and oxygen atoms in total. The van der Waals surface area contributed by atoms with E-state index < -0.39 is 0 Å². The summed E-state index contributed by atoms with van der Waals surface area (Å²) in [4.78, 5) is 16.7. The summed E-state index contributed by atoms with van der Waals surface area (Å²) in [6, 6.07) is 18.2. The maximum Gasteiger partial charge on any atom is 0.287 e. The van der Waals surface area contributed by atoms with Crippen molar-refractivity contribution >= 4 is 11.6 Å². The van der Waals surface area contributed by atoms with Gasteiger partial charge in [-0.3, -0.25) is 9.69 Å². The summed E-state index contributed by atoms with van der Waals surface area (Å²) in [5, 5.41) is 2.90. The lowest BCUT2D eigenvalue weighted by atomic mass is 10.1. The molecule has 0 spiro atoms. The van der Waals surface area contributed by atoms with Crippen LogP contribution < -0.4 is 15.0 Å². The molecule has 1 aliphatic heterocycles. The largest absolute Gasteiger partial charge is 0.496 e. The third-order valence-electron chi connectivity index (χ3n) is 5.70. The van der Waals surface area contributed by atoms with Gasteiger partial charge in [0.2, 0.25) is 0 Å². The zero-order chi connectivity index (χ0) is 22.3. The molecular formula is C25H28FN3O3. The van der Waals surface area contributed by atoms with Crippen molar-refractivity contribution < 1.29 is 18.3 Å². The van der Waals surface area contributed by atoms with Crippen LogP contribution in [0.15, 0.2) is 65.1 Å². The number of carbonyl (C=O) groups is 1. The van der Waals surface area contributed by atoms with E-state index in [1.165, 1.54) is 6.07 Å². The fourth-order valence-corrected chi connectivity index (χ4v) is 3.97. The van der Waals surface area contributed by atoms with Gasteiger partial charge in [-0.15, -0.1) is 0 Å². The van der Waals surface area contributed by atoms with Gasteiger partial charge < -0.3 is 19.4 Å². The van der Waals surface area contributed by atoms with Crippen LogP contribution in [0.4, 0.5) is 10.1 Å². The Kier molecular flexibility index (Phi) is 7.07. The van der Waals surface area contributed by atoms with E-state index in [1.807, 2.05) is 42.5 Å². The first-order valence-corrected chi connectivity index (χ1v) is 10.8. The van der Waals surface area contributed by atoms with E-state index in [2.05, 4.69) is 15.1 Å². The zero-order valence-corrected chi connectivity index (χ0v) is 18.2. The second kappa shape index (κ2) is 10.3. The summed E-state index contributed by atoms with van der Waals surface area (Å²) >= 11 is 0. The molecular weight excluding hydrogens is 409 g/mol. The Balaban J connectivity index is 1.24. The van der Waals surface area contributed by atoms with Crippen LogP contribution in [-0.2, 0) is 13.0 Å². The minimum absolute atomic E-state index is 0.187. The molecule has 0 bridgehead atoms. The standard InChI is InChI=1S/C25H28FN3O3/c1-31-23-9-5-2-6-19(23)12-13-27-25(30)24-11-10-20(32-24)18-28-14-16-29(17-15-28)22-8-4-3-7-21(22)26/h2-11H,12-18H2,1H3,(H,27,30). The van der Waals surface area contributed by atoms with Gasteiger partial charge >= 0.3 is 0 Å². The van der Waals surface area contributed by atoms with E-state index in [-0.39, 0.29) is 11.7 Å². The fourth-order valence-electron chi connectivity index (χ4n) is 3.97. The number of piperazine rings is 1. The lowest BCUT2D eigenvalue weighted by molar-refractivity contribution is 0.0922. The number of hydrogen-bond donors (Lipinski definition) is 1. The highest BCUT2D eigenvalue weighted by molar-refractivity contribution is 5.91. The van der Waals surface area contributed by atoms with Crippen molar-refractivity contribution in [2.75, 3.05) is 44.7 Å². The summed E-state index contributed by atoms with van der Waals surface area (Å²) in [6.07, 6.45) is 0.676. The second-order valence-corrected chi connectivity index (χ2v) is 7.80. The molecule has 168 valence electrons. The lowest BCUT2D eigenvalue weighted by Gasteiger charge is -2.35. The minimum Gasteiger partial charge on any atom is -0.496 e. The number of para-hydroxylation sites is 2. The average molecular weight is 438 g/mol. The van der Waals surface area contributed by atoms with Gasteiger partial charge in [-0.1, -0.05) is 30.3 Å². The molecule has 0 unspecified atom stereocenters. The molecule has 0 aliphatic carbocycles. The number of ether oxygens (including phenoxy) is 1. The number of anilines is 1. The van der Waals surface area contributed by atoms with Crippen molar-refractivity contribution in [3.8, 4) is 5.75 Å². The highest BCUT2D eigenvalue weighted by Crippen LogP contribution is 2.21. The van der Waals surface area contributed by atoms with Gasteiger partial charge in [0.25, 0.3) is 5.91 Å². The normalized spacial score (nSPS) is 14.4. The summed E-state index contributed by atoms with van der Waals surface area (Å²) < 4.78 is 25.1. The maximum absolute atomic E-state index is 14.0. The Morgan fingerprint density at radius 1 is 1.03 bits per heavy atom. The van der Waals surface area contributed by atoms with Gasteiger partial charge in [0.05, 0.1) is 19.3 Å². The maximum atomic E-state index is 14.0. The van der Waals surface area contributed by atoms with Crippen molar-refractivity contribution in [1.29, 1.82) is 0 Å². The van der Waals surface area contributed by atoms with E-state index in [1.54, 1.807) is 19.2 Å². The SMILES string of the molecule is COc1ccccc1CCNC(=O)c1ccc(CN2CCN(c3ccccc3F)CC2)o1.